The smallest absolute Gasteiger partial charge is 0.337 e. The summed E-state index contributed by atoms with van der Waals surface area (Å²) in [6.45, 7) is 0.189. The molecule has 0 radical (unpaired) electrons. The van der Waals surface area contributed by atoms with Gasteiger partial charge in [-0.15, -0.1) is 0 Å². The first-order chi connectivity index (χ1) is 18.8. The van der Waals surface area contributed by atoms with Gasteiger partial charge in [0.05, 0.1) is 30.2 Å². The van der Waals surface area contributed by atoms with Crippen molar-refractivity contribution in [2.45, 2.75) is 23.8 Å². The first-order valence-electron chi connectivity index (χ1n) is 12.1. The number of nitro groups is 1. The Hall–Kier alpha value is -4.00. The van der Waals surface area contributed by atoms with Crippen molar-refractivity contribution in [3.8, 4) is 11.5 Å². The van der Waals surface area contributed by atoms with Gasteiger partial charge in [0.25, 0.3) is 5.69 Å². The van der Waals surface area contributed by atoms with Crippen LogP contribution in [0.3, 0.4) is 0 Å². The molecule has 1 unspecified atom stereocenters. The highest BCUT2D eigenvalue weighted by Gasteiger charge is 2.39. The van der Waals surface area contributed by atoms with Crippen LogP contribution in [0.5, 0.6) is 11.5 Å². The Morgan fingerprint density at radius 3 is 2.59 bits per heavy atom. The maximum atomic E-state index is 14.1. The maximum Gasteiger partial charge on any atom is 0.337 e. The topological polar surface area (TPSA) is 135 Å². The largest absolute Gasteiger partial charge is 0.493 e. The Morgan fingerprint density at radius 2 is 1.85 bits per heavy atom. The SMILES string of the molecule is COCOc1ccccc1CCN(C1CCOc2cc(C(=O)OC)ccc21)S(=O)(=O)c1ccccc1[N+](=O)[O-]. The van der Waals surface area contributed by atoms with Crippen LogP contribution in [0.2, 0.25) is 0 Å². The number of carbonyl (C=O) groups excluding carboxylic acids is 1. The maximum absolute atomic E-state index is 14.1. The van der Waals surface area contributed by atoms with Gasteiger partial charge < -0.3 is 18.9 Å². The number of hydrogen-bond donors (Lipinski definition) is 0. The predicted molar refractivity (Wildman–Crippen MR) is 140 cm³/mol. The second-order valence-corrected chi connectivity index (χ2v) is 10.5. The van der Waals surface area contributed by atoms with Crippen molar-refractivity contribution in [1.29, 1.82) is 0 Å². The van der Waals surface area contributed by atoms with Crippen molar-refractivity contribution in [1.82, 2.24) is 4.31 Å². The van der Waals surface area contributed by atoms with Crippen LogP contribution in [0.1, 0.15) is 33.9 Å². The second-order valence-electron chi connectivity index (χ2n) is 8.65. The molecule has 0 spiro atoms. The minimum absolute atomic E-state index is 0.00933. The molecule has 0 saturated heterocycles. The van der Waals surface area contributed by atoms with Crippen LogP contribution < -0.4 is 9.47 Å². The zero-order valence-corrected chi connectivity index (χ0v) is 22.3. The minimum Gasteiger partial charge on any atom is -0.493 e. The van der Waals surface area contributed by atoms with E-state index in [4.69, 9.17) is 18.9 Å². The zero-order valence-electron chi connectivity index (χ0n) is 21.4. The molecule has 1 atom stereocenters. The van der Waals surface area contributed by atoms with Gasteiger partial charge in [0.1, 0.15) is 11.5 Å². The number of fused-ring (bicyclic) bond motifs is 1. The first kappa shape index (κ1) is 28.0. The molecule has 1 aliphatic heterocycles. The number of nitro benzene ring substituents is 1. The van der Waals surface area contributed by atoms with Gasteiger partial charge in [-0.1, -0.05) is 36.4 Å². The van der Waals surface area contributed by atoms with E-state index in [9.17, 15) is 23.3 Å². The normalized spacial score (nSPS) is 14.8. The van der Waals surface area contributed by atoms with Crippen molar-refractivity contribution in [2.24, 2.45) is 0 Å². The molecular formula is C27H28N2O9S. The summed E-state index contributed by atoms with van der Waals surface area (Å²) in [6.07, 6.45) is 0.555. The molecule has 1 aliphatic rings. The molecule has 39 heavy (non-hydrogen) atoms. The number of sulfonamides is 1. The first-order valence-corrected chi connectivity index (χ1v) is 13.5. The number of esters is 1. The van der Waals surface area contributed by atoms with Gasteiger partial charge in [-0.2, -0.15) is 4.31 Å². The Balaban J connectivity index is 1.78. The van der Waals surface area contributed by atoms with Crippen molar-refractivity contribution in [3.63, 3.8) is 0 Å². The van der Waals surface area contributed by atoms with E-state index in [2.05, 4.69) is 0 Å². The number of nitrogens with zero attached hydrogens (tertiary/aromatic N) is 2. The van der Waals surface area contributed by atoms with E-state index in [0.29, 0.717) is 23.5 Å². The summed E-state index contributed by atoms with van der Waals surface area (Å²) in [5.41, 5.74) is 1.03. The average molecular weight is 557 g/mol. The summed E-state index contributed by atoms with van der Waals surface area (Å²) in [4.78, 5) is 22.7. The van der Waals surface area contributed by atoms with Gasteiger partial charge in [0.15, 0.2) is 11.7 Å². The van der Waals surface area contributed by atoms with E-state index in [-0.39, 0.29) is 31.9 Å². The summed E-state index contributed by atoms with van der Waals surface area (Å²) in [7, 11) is -1.61. The second kappa shape index (κ2) is 12.2. The van der Waals surface area contributed by atoms with E-state index in [0.717, 1.165) is 5.56 Å². The lowest BCUT2D eigenvalue weighted by molar-refractivity contribution is -0.387. The van der Waals surface area contributed by atoms with Crippen LogP contribution in [0.25, 0.3) is 0 Å². The minimum atomic E-state index is -4.37. The summed E-state index contributed by atoms with van der Waals surface area (Å²) in [5.74, 6) is 0.332. The third-order valence-electron chi connectivity index (χ3n) is 6.35. The molecule has 0 aromatic heterocycles. The molecule has 0 N–H and O–H groups in total. The number of ether oxygens (including phenoxy) is 4. The highest BCUT2D eigenvalue weighted by molar-refractivity contribution is 7.89. The molecule has 4 rings (SSSR count). The fourth-order valence-electron chi connectivity index (χ4n) is 4.51. The Morgan fingerprint density at radius 1 is 1.10 bits per heavy atom. The monoisotopic (exact) mass is 556 g/mol. The van der Waals surface area contributed by atoms with Gasteiger partial charge in [-0.3, -0.25) is 10.1 Å². The Labute approximate surface area is 226 Å². The number of hydrogen-bond acceptors (Lipinski definition) is 9. The number of carbonyl (C=O) groups is 1. The van der Waals surface area contributed by atoms with Crippen LogP contribution in [0.4, 0.5) is 5.69 Å². The van der Waals surface area contributed by atoms with Crippen LogP contribution in [-0.2, 0) is 25.9 Å². The molecular weight excluding hydrogens is 528 g/mol. The lowest BCUT2D eigenvalue weighted by Crippen LogP contribution is -2.39. The molecule has 12 heteroatoms. The number of benzene rings is 3. The molecule has 11 nitrogen and oxygen atoms in total. The lowest BCUT2D eigenvalue weighted by atomic mass is 9.98. The number of methoxy groups -OCH3 is 2. The Kier molecular flexibility index (Phi) is 8.79. The van der Waals surface area contributed by atoms with E-state index >= 15 is 0 Å². The molecule has 3 aromatic rings. The highest BCUT2D eigenvalue weighted by Crippen LogP contribution is 2.41. The molecule has 0 aliphatic carbocycles. The van der Waals surface area contributed by atoms with Gasteiger partial charge in [0.2, 0.25) is 10.0 Å². The fourth-order valence-corrected chi connectivity index (χ4v) is 6.31. The molecule has 3 aromatic carbocycles. The highest BCUT2D eigenvalue weighted by atomic mass is 32.2. The van der Waals surface area contributed by atoms with Crippen LogP contribution >= 0.6 is 0 Å². The van der Waals surface area contributed by atoms with Crippen LogP contribution in [0, 0.1) is 10.1 Å². The van der Waals surface area contributed by atoms with E-state index in [1.165, 1.54) is 54.9 Å². The summed E-state index contributed by atoms with van der Waals surface area (Å²) in [6, 6.07) is 16.4. The number of para-hydroxylation sites is 2. The molecule has 206 valence electrons. The van der Waals surface area contributed by atoms with Gasteiger partial charge in [-0.05, 0) is 36.2 Å². The zero-order chi connectivity index (χ0) is 28.0. The van der Waals surface area contributed by atoms with Crippen LogP contribution in [0.15, 0.2) is 71.6 Å². The van der Waals surface area contributed by atoms with Crippen molar-refractivity contribution in [3.05, 3.63) is 93.5 Å². The van der Waals surface area contributed by atoms with Crippen molar-refractivity contribution in [2.75, 3.05) is 34.2 Å². The van der Waals surface area contributed by atoms with E-state index < -0.39 is 37.5 Å². The predicted octanol–water partition coefficient (Wildman–Crippen LogP) is 4.12. The lowest BCUT2D eigenvalue weighted by Gasteiger charge is -2.35. The summed E-state index contributed by atoms with van der Waals surface area (Å²) in [5, 5.41) is 11.8. The van der Waals surface area contributed by atoms with Crippen molar-refractivity contribution >= 4 is 21.7 Å². The third kappa shape index (κ3) is 6.03. The van der Waals surface area contributed by atoms with Gasteiger partial charge in [0, 0.05) is 31.7 Å². The van der Waals surface area contributed by atoms with Gasteiger partial charge >= 0.3 is 5.97 Å². The summed E-state index contributed by atoms with van der Waals surface area (Å²) < 4.78 is 50.7. The third-order valence-corrected chi connectivity index (χ3v) is 8.30. The van der Waals surface area contributed by atoms with E-state index in [1.807, 2.05) is 12.1 Å². The van der Waals surface area contributed by atoms with E-state index in [1.54, 1.807) is 18.2 Å². The molecule has 0 saturated carbocycles. The fraction of sp³-hybridized carbons (Fsp3) is 0.296. The van der Waals surface area contributed by atoms with Crippen LogP contribution in [-0.4, -0.2) is 57.8 Å². The van der Waals surface area contributed by atoms with Crippen molar-refractivity contribution < 1.29 is 37.1 Å². The molecule has 0 fully saturated rings. The molecule has 0 amide bonds. The quantitative estimate of drug-likeness (QED) is 0.148. The standard InChI is InChI=1S/C27H28N2O9S/c1-35-18-38-24-9-5-3-7-19(24)13-15-28(39(33,34)26-10-6-4-8-23(26)29(31)32)22-14-16-37-25-17-20(27(30)36-2)11-12-21(22)25/h3-12,17,22H,13-16,18H2,1-2H3. The molecule has 1 heterocycles. The number of rotatable bonds is 11. The summed E-state index contributed by atoms with van der Waals surface area (Å²) >= 11 is 0. The Bertz CT molecular complexity index is 1460. The van der Waals surface area contributed by atoms with Gasteiger partial charge in [-0.25, -0.2) is 13.2 Å². The molecule has 0 bridgehead atoms. The average Bonchev–Trinajstić information content (AvgIpc) is 2.95.